The summed E-state index contributed by atoms with van der Waals surface area (Å²) in [5, 5.41) is 6.05. The van der Waals surface area contributed by atoms with E-state index >= 15 is 0 Å². The molecule has 5 rings (SSSR count). The molecule has 2 aromatic rings. The topological polar surface area (TPSA) is 66.4 Å². The third-order valence-corrected chi connectivity index (χ3v) is 10.6. The van der Waals surface area contributed by atoms with Gasteiger partial charge in [-0.1, -0.05) is 57.0 Å². The Labute approximate surface area is 215 Å². The number of aryl methyl sites for hydroxylation is 1. The minimum atomic E-state index is -0.0855. The first-order valence-corrected chi connectivity index (χ1v) is 14.8. The van der Waals surface area contributed by atoms with Crippen molar-refractivity contribution in [3.05, 3.63) is 51.5 Å². The number of aromatic nitrogens is 1. The maximum Gasteiger partial charge on any atom is 0.233 e. The first-order chi connectivity index (χ1) is 17.0. The van der Waals surface area contributed by atoms with E-state index in [1.54, 1.807) is 0 Å². The van der Waals surface area contributed by atoms with Gasteiger partial charge in [0.15, 0.2) is 0 Å². The molecule has 2 fully saturated rings. The molecule has 190 valence electrons. The Morgan fingerprint density at radius 2 is 2.00 bits per heavy atom. The number of hydrogen-bond acceptors (Lipinski definition) is 3. The number of likely N-dealkylation sites (tertiary alicyclic amines) is 1. The molecule has 5 atom stereocenters. The number of thiazole rings is 1. The standard InChI is InChI=1S/C29H42N4OS/c1-5-21(6-2)26-15-23(22-10-8-7-9-11-22)12-13-33(26)28(34)24-16-30-17-29(24)18-31-19(3)14-25-27(29)35-20(4)32-25/h7-11,19,21,23-24,26,30-31H,5-6,12-18H2,1-4H3/p+2/t19-,23-,24+,26+,29+/m1/s1. The predicted octanol–water partition coefficient (Wildman–Crippen LogP) is 2.60. The molecule has 4 N–H and O–H groups in total. The molecule has 2 saturated heterocycles. The predicted molar refractivity (Wildman–Crippen MR) is 142 cm³/mol. The maximum atomic E-state index is 14.6. The van der Waals surface area contributed by atoms with Crippen LogP contribution in [0.15, 0.2) is 30.3 Å². The van der Waals surface area contributed by atoms with E-state index in [2.05, 4.69) is 73.6 Å². The van der Waals surface area contributed by atoms with Crippen LogP contribution in [0.1, 0.15) is 73.5 Å². The molecule has 3 aliphatic heterocycles. The molecule has 0 saturated carbocycles. The molecule has 3 aliphatic rings. The summed E-state index contributed by atoms with van der Waals surface area (Å²) < 4.78 is 0. The van der Waals surface area contributed by atoms with E-state index in [0.717, 1.165) is 63.3 Å². The minimum Gasteiger partial charge on any atom is -0.345 e. The summed E-state index contributed by atoms with van der Waals surface area (Å²) in [6.45, 7) is 12.9. The number of quaternary nitrogens is 2. The van der Waals surface area contributed by atoms with Gasteiger partial charge in [-0.3, -0.25) is 4.79 Å². The quantitative estimate of drug-likeness (QED) is 0.668. The van der Waals surface area contributed by atoms with Gasteiger partial charge in [0.25, 0.3) is 0 Å². The normalized spacial score (nSPS) is 31.1. The largest absolute Gasteiger partial charge is 0.345 e. The average molecular weight is 497 g/mol. The van der Waals surface area contributed by atoms with Crippen LogP contribution in [0.4, 0.5) is 0 Å². The SMILES string of the molecule is CCC(CC)[C@@H]1C[C@H](c2ccccc2)CCN1C(=O)[C@@H]1C[NH2+]C[C@]12C[NH2+][C@H](C)Cc1nc(C)sc12. The summed E-state index contributed by atoms with van der Waals surface area (Å²) in [5.41, 5.74) is 2.62. The number of piperidine rings is 1. The number of benzene rings is 1. The summed E-state index contributed by atoms with van der Waals surface area (Å²) in [6.07, 6.45) is 5.46. The van der Waals surface area contributed by atoms with Crippen molar-refractivity contribution in [3.8, 4) is 0 Å². The van der Waals surface area contributed by atoms with Gasteiger partial charge in [0.2, 0.25) is 5.91 Å². The second-order valence-electron chi connectivity index (χ2n) is 11.4. The lowest BCUT2D eigenvalue weighted by Gasteiger charge is -2.45. The van der Waals surface area contributed by atoms with Crippen LogP contribution in [-0.4, -0.2) is 54.1 Å². The minimum absolute atomic E-state index is 0.0489. The van der Waals surface area contributed by atoms with Crippen molar-refractivity contribution < 1.29 is 15.4 Å². The van der Waals surface area contributed by atoms with E-state index in [-0.39, 0.29) is 11.3 Å². The highest BCUT2D eigenvalue weighted by molar-refractivity contribution is 7.11. The molecule has 0 aliphatic carbocycles. The van der Waals surface area contributed by atoms with Crippen LogP contribution >= 0.6 is 11.3 Å². The van der Waals surface area contributed by atoms with Crippen LogP contribution < -0.4 is 10.6 Å². The fourth-order valence-electron chi connectivity index (χ4n) is 7.36. The molecule has 5 nitrogen and oxygen atoms in total. The first-order valence-electron chi connectivity index (χ1n) is 13.9. The number of fused-ring (bicyclic) bond motifs is 2. The molecular formula is C29H44N4OS+2. The third kappa shape index (κ3) is 4.58. The molecule has 1 amide bonds. The van der Waals surface area contributed by atoms with Gasteiger partial charge in [0.1, 0.15) is 11.3 Å². The molecule has 1 spiro atoms. The second-order valence-corrected chi connectivity index (χ2v) is 12.6. The van der Waals surface area contributed by atoms with Crippen molar-refractivity contribution in [2.24, 2.45) is 11.8 Å². The van der Waals surface area contributed by atoms with Crippen LogP contribution in [0.2, 0.25) is 0 Å². The van der Waals surface area contributed by atoms with Crippen LogP contribution in [0, 0.1) is 18.8 Å². The van der Waals surface area contributed by atoms with Gasteiger partial charge in [-0.05, 0) is 44.1 Å². The van der Waals surface area contributed by atoms with Gasteiger partial charge < -0.3 is 15.5 Å². The number of nitrogens with two attached hydrogens (primary N) is 2. The van der Waals surface area contributed by atoms with E-state index in [4.69, 9.17) is 4.98 Å². The molecule has 1 aromatic heterocycles. The van der Waals surface area contributed by atoms with E-state index in [0.29, 0.717) is 29.8 Å². The van der Waals surface area contributed by atoms with Crippen LogP contribution in [0.25, 0.3) is 0 Å². The molecule has 0 unspecified atom stereocenters. The molecule has 4 heterocycles. The van der Waals surface area contributed by atoms with Crippen molar-refractivity contribution >= 4 is 17.2 Å². The molecule has 0 bridgehead atoms. The smallest absolute Gasteiger partial charge is 0.233 e. The highest BCUT2D eigenvalue weighted by Crippen LogP contribution is 2.43. The highest BCUT2D eigenvalue weighted by atomic mass is 32.1. The number of carbonyl (C=O) groups excluding carboxylic acids is 1. The number of carbonyl (C=O) groups is 1. The van der Waals surface area contributed by atoms with Gasteiger partial charge in [0.05, 0.1) is 36.4 Å². The van der Waals surface area contributed by atoms with E-state index in [9.17, 15) is 4.79 Å². The van der Waals surface area contributed by atoms with Gasteiger partial charge in [-0.25, -0.2) is 4.98 Å². The highest BCUT2D eigenvalue weighted by Gasteiger charge is 2.58. The zero-order valence-corrected chi connectivity index (χ0v) is 22.8. The van der Waals surface area contributed by atoms with Crippen molar-refractivity contribution in [1.29, 1.82) is 0 Å². The summed E-state index contributed by atoms with van der Waals surface area (Å²) in [4.78, 5) is 23.3. The Kier molecular flexibility index (Phi) is 7.34. The second kappa shape index (κ2) is 10.3. The number of rotatable bonds is 5. The van der Waals surface area contributed by atoms with Gasteiger partial charge in [0, 0.05) is 23.9 Å². The lowest BCUT2D eigenvalue weighted by Crippen LogP contribution is -2.93. The first kappa shape index (κ1) is 24.9. The van der Waals surface area contributed by atoms with Gasteiger partial charge in [-0.2, -0.15) is 0 Å². The third-order valence-electron chi connectivity index (χ3n) is 9.32. The number of hydrogen-bond donors (Lipinski definition) is 2. The average Bonchev–Trinajstić information content (AvgIpc) is 3.44. The Morgan fingerprint density at radius 1 is 1.23 bits per heavy atom. The van der Waals surface area contributed by atoms with Crippen molar-refractivity contribution in [1.82, 2.24) is 9.88 Å². The molecule has 35 heavy (non-hydrogen) atoms. The summed E-state index contributed by atoms with van der Waals surface area (Å²) in [5.74, 6) is 1.58. The fourth-order valence-corrected chi connectivity index (χ4v) is 8.57. The number of amides is 1. The molecule has 0 radical (unpaired) electrons. The van der Waals surface area contributed by atoms with Crippen LogP contribution in [0.3, 0.4) is 0 Å². The lowest BCUT2D eigenvalue weighted by atomic mass is 9.73. The van der Waals surface area contributed by atoms with Crippen molar-refractivity contribution in [2.45, 2.75) is 83.2 Å². The van der Waals surface area contributed by atoms with E-state index < -0.39 is 0 Å². The van der Waals surface area contributed by atoms with Crippen molar-refractivity contribution in [3.63, 3.8) is 0 Å². The zero-order valence-electron chi connectivity index (χ0n) is 22.0. The van der Waals surface area contributed by atoms with Gasteiger partial charge in [-0.15, -0.1) is 11.3 Å². The number of nitrogens with zero attached hydrogens (tertiary/aromatic N) is 2. The Hall–Kier alpha value is -1.76. The summed E-state index contributed by atoms with van der Waals surface area (Å²) >= 11 is 1.86. The van der Waals surface area contributed by atoms with E-state index in [1.807, 2.05) is 11.3 Å². The Bertz CT molecular complexity index is 1020. The zero-order chi connectivity index (χ0) is 24.6. The maximum absolute atomic E-state index is 14.6. The Balaban J connectivity index is 1.46. The summed E-state index contributed by atoms with van der Waals surface area (Å²) in [6, 6.07) is 11.9. The molecule has 6 heteroatoms. The Morgan fingerprint density at radius 3 is 2.74 bits per heavy atom. The van der Waals surface area contributed by atoms with Crippen LogP contribution in [0.5, 0.6) is 0 Å². The monoisotopic (exact) mass is 496 g/mol. The van der Waals surface area contributed by atoms with Crippen molar-refractivity contribution in [2.75, 3.05) is 26.2 Å². The van der Waals surface area contributed by atoms with E-state index in [1.165, 1.54) is 16.1 Å². The molecular weight excluding hydrogens is 452 g/mol. The molecule has 1 aromatic carbocycles. The summed E-state index contributed by atoms with van der Waals surface area (Å²) in [7, 11) is 0. The van der Waals surface area contributed by atoms with Crippen LogP contribution in [-0.2, 0) is 16.6 Å². The van der Waals surface area contributed by atoms with Gasteiger partial charge >= 0.3 is 0 Å². The lowest BCUT2D eigenvalue weighted by molar-refractivity contribution is -0.697. The fraction of sp³-hybridized carbons (Fsp3) is 0.655.